The van der Waals surface area contributed by atoms with Crippen molar-refractivity contribution in [3.05, 3.63) is 16.6 Å². The maximum atomic E-state index is 12.0. The van der Waals surface area contributed by atoms with E-state index in [1.165, 1.54) is 6.42 Å². The summed E-state index contributed by atoms with van der Waals surface area (Å²) in [6, 6.07) is 0.0220. The third-order valence-electron chi connectivity index (χ3n) is 3.30. The van der Waals surface area contributed by atoms with Crippen molar-refractivity contribution >= 4 is 17.2 Å². The highest BCUT2D eigenvalue weighted by Crippen LogP contribution is 2.22. The Balaban J connectivity index is 1.85. The van der Waals surface area contributed by atoms with Gasteiger partial charge in [0.25, 0.3) is 0 Å². The predicted octanol–water partition coefficient (Wildman–Crippen LogP) is 1.67. The number of nitrogens with two attached hydrogens (primary N) is 1. The van der Waals surface area contributed by atoms with Crippen molar-refractivity contribution in [3.63, 3.8) is 0 Å². The van der Waals surface area contributed by atoms with E-state index in [1.54, 1.807) is 17.5 Å². The number of thiazole rings is 1. The first-order chi connectivity index (χ1) is 8.27. The standard InChI is InChI=1S/C12H19N3OS/c13-10-5-3-1-2-4-9(10)12(16)15-8-11-14-6-7-17-11/h6-7,9-10H,1-5,8,13H2,(H,15,16). The Labute approximate surface area is 106 Å². The maximum Gasteiger partial charge on any atom is 0.225 e. The van der Waals surface area contributed by atoms with Gasteiger partial charge < -0.3 is 11.1 Å². The van der Waals surface area contributed by atoms with Crippen molar-refractivity contribution in [3.8, 4) is 0 Å². The zero-order chi connectivity index (χ0) is 12.1. The third kappa shape index (κ3) is 3.51. The molecule has 0 aromatic carbocycles. The zero-order valence-electron chi connectivity index (χ0n) is 9.89. The maximum absolute atomic E-state index is 12.0. The average Bonchev–Trinajstić information content (AvgIpc) is 2.75. The first kappa shape index (κ1) is 12.5. The van der Waals surface area contributed by atoms with Gasteiger partial charge in [0.05, 0.1) is 12.5 Å². The summed E-state index contributed by atoms with van der Waals surface area (Å²) in [6.45, 7) is 0.528. The van der Waals surface area contributed by atoms with Gasteiger partial charge in [-0.15, -0.1) is 11.3 Å². The molecule has 5 heteroatoms. The minimum absolute atomic E-state index is 0.0162. The number of carbonyl (C=O) groups is 1. The average molecular weight is 253 g/mol. The molecule has 1 saturated carbocycles. The number of amides is 1. The van der Waals surface area contributed by atoms with Gasteiger partial charge >= 0.3 is 0 Å². The second-order valence-corrected chi connectivity index (χ2v) is 5.53. The van der Waals surface area contributed by atoms with Crippen molar-refractivity contribution in [1.82, 2.24) is 10.3 Å². The summed E-state index contributed by atoms with van der Waals surface area (Å²) in [7, 11) is 0. The lowest BCUT2D eigenvalue weighted by atomic mass is 9.95. The largest absolute Gasteiger partial charge is 0.349 e. The fourth-order valence-electron chi connectivity index (χ4n) is 2.30. The van der Waals surface area contributed by atoms with E-state index in [2.05, 4.69) is 10.3 Å². The molecular formula is C12H19N3OS. The number of carbonyl (C=O) groups excluding carboxylic acids is 1. The van der Waals surface area contributed by atoms with Crippen LogP contribution >= 0.6 is 11.3 Å². The Hall–Kier alpha value is -0.940. The van der Waals surface area contributed by atoms with E-state index in [0.717, 1.165) is 30.7 Å². The molecule has 2 rings (SSSR count). The SMILES string of the molecule is NC1CCCCCC1C(=O)NCc1nccs1. The number of hydrogen-bond donors (Lipinski definition) is 2. The Morgan fingerprint density at radius 3 is 3.06 bits per heavy atom. The molecule has 0 bridgehead atoms. The lowest BCUT2D eigenvalue weighted by molar-refractivity contribution is -0.126. The normalized spacial score (nSPS) is 25.2. The number of rotatable bonds is 3. The fraction of sp³-hybridized carbons (Fsp3) is 0.667. The molecule has 1 aromatic rings. The smallest absolute Gasteiger partial charge is 0.225 e. The molecule has 0 saturated heterocycles. The molecular weight excluding hydrogens is 234 g/mol. The predicted molar refractivity (Wildman–Crippen MR) is 68.5 cm³/mol. The summed E-state index contributed by atoms with van der Waals surface area (Å²) < 4.78 is 0. The number of hydrogen-bond acceptors (Lipinski definition) is 4. The molecule has 0 radical (unpaired) electrons. The van der Waals surface area contributed by atoms with Crippen LogP contribution in [0.4, 0.5) is 0 Å². The summed E-state index contributed by atoms with van der Waals surface area (Å²) in [5, 5.41) is 5.80. The quantitative estimate of drug-likeness (QED) is 0.805. The van der Waals surface area contributed by atoms with E-state index in [-0.39, 0.29) is 17.9 Å². The van der Waals surface area contributed by atoms with Crippen LogP contribution in [0.25, 0.3) is 0 Å². The van der Waals surface area contributed by atoms with Crippen LogP contribution in [-0.4, -0.2) is 16.9 Å². The number of nitrogens with zero attached hydrogens (tertiary/aromatic N) is 1. The highest BCUT2D eigenvalue weighted by molar-refractivity contribution is 7.09. The summed E-state index contributed by atoms with van der Waals surface area (Å²) in [5.41, 5.74) is 6.05. The van der Waals surface area contributed by atoms with Crippen molar-refractivity contribution in [2.45, 2.75) is 44.7 Å². The van der Waals surface area contributed by atoms with E-state index in [4.69, 9.17) is 5.73 Å². The Morgan fingerprint density at radius 2 is 2.29 bits per heavy atom. The van der Waals surface area contributed by atoms with Crippen molar-refractivity contribution in [1.29, 1.82) is 0 Å². The van der Waals surface area contributed by atoms with Gasteiger partial charge in [-0.05, 0) is 12.8 Å². The summed E-state index contributed by atoms with van der Waals surface area (Å²) in [6.07, 6.45) is 7.11. The van der Waals surface area contributed by atoms with E-state index in [1.807, 2.05) is 5.38 Å². The highest BCUT2D eigenvalue weighted by atomic mass is 32.1. The van der Waals surface area contributed by atoms with Crippen LogP contribution in [0.5, 0.6) is 0 Å². The fourth-order valence-corrected chi connectivity index (χ4v) is 2.85. The molecule has 1 heterocycles. The molecule has 1 aliphatic rings. The molecule has 2 atom stereocenters. The summed E-state index contributed by atoms with van der Waals surface area (Å²) >= 11 is 1.56. The molecule has 1 amide bonds. The van der Waals surface area contributed by atoms with Gasteiger partial charge in [0.1, 0.15) is 5.01 Å². The molecule has 3 N–H and O–H groups in total. The van der Waals surface area contributed by atoms with E-state index < -0.39 is 0 Å². The minimum atomic E-state index is -0.0162. The number of aromatic nitrogens is 1. The first-order valence-corrected chi connectivity index (χ1v) is 7.07. The zero-order valence-corrected chi connectivity index (χ0v) is 10.7. The number of nitrogens with one attached hydrogen (secondary N) is 1. The van der Waals surface area contributed by atoms with Crippen LogP contribution in [0, 0.1) is 5.92 Å². The summed E-state index contributed by atoms with van der Waals surface area (Å²) in [4.78, 5) is 16.2. The monoisotopic (exact) mass is 253 g/mol. The van der Waals surface area contributed by atoms with Gasteiger partial charge in [0.2, 0.25) is 5.91 Å². The highest BCUT2D eigenvalue weighted by Gasteiger charge is 2.26. The Morgan fingerprint density at radius 1 is 1.47 bits per heavy atom. The lowest BCUT2D eigenvalue weighted by Crippen LogP contribution is -2.41. The second kappa shape index (κ2) is 6.12. The first-order valence-electron chi connectivity index (χ1n) is 6.19. The van der Waals surface area contributed by atoms with E-state index in [9.17, 15) is 4.79 Å². The second-order valence-electron chi connectivity index (χ2n) is 4.55. The summed E-state index contributed by atoms with van der Waals surface area (Å²) in [5.74, 6) is 0.0760. The van der Waals surface area contributed by atoms with Crippen LogP contribution in [0.1, 0.15) is 37.1 Å². The van der Waals surface area contributed by atoms with Gasteiger partial charge in [0.15, 0.2) is 0 Å². The van der Waals surface area contributed by atoms with Gasteiger partial charge in [-0.25, -0.2) is 4.98 Å². The van der Waals surface area contributed by atoms with E-state index in [0.29, 0.717) is 6.54 Å². The molecule has 94 valence electrons. The van der Waals surface area contributed by atoms with E-state index >= 15 is 0 Å². The van der Waals surface area contributed by atoms with Crippen molar-refractivity contribution < 1.29 is 4.79 Å². The Bertz CT molecular complexity index is 353. The van der Waals surface area contributed by atoms with Crippen molar-refractivity contribution in [2.75, 3.05) is 0 Å². The molecule has 1 aromatic heterocycles. The Kier molecular flexibility index (Phi) is 4.50. The lowest BCUT2D eigenvalue weighted by Gasteiger charge is -2.20. The molecule has 0 spiro atoms. The molecule has 1 aliphatic carbocycles. The van der Waals surface area contributed by atoms with Crippen LogP contribution in [0.15, 0.2) is 11.6 Å². The third-order valence-corrected chi connectivity index (χ3v) is 4.08. The molecule has 4 nitrogen and oxygen atoms in total. The molecule has 0 aliphatic heterocycles. The topological polar surface area (TPSA) is 68.0 Å². The van der Waals surface area contributed by atoms with Crippen molar-refractivity contribution in [2.24, 2.45) is 11.7 Å². The molecule has 17 heavy (non-hydrogen) atoms. The van der Waals surface area contributed by atoms with Crippen LogP contribution in [-0.2, 0) is 11.3 Å². The van der Waals surface area contributed by atoms with Gasteiger partial charge in [0, 0.05) is 17.6 Å². The van der Waals surface area contributed by atoms with Crippen LogP contribution in [0.2, 0.25) is 0 Å². The van der Waals surface area contributed by atoms with Gasteiger partial charge in [-0.2, -0.15) is 0 Å². The molecule has 2 unspecified atom stereocenters. The van der Waals surface area contributed by atoms with Crippen LogP contribution in [0.3, 0.4) is 0 Å². The van der Waals surface area contributed by atoms with Gasteiger partial charge in [-0.1, -0.05) is 19.3 Å². The van der Waals surface area contributed by atoms with Crippen LogP contribution < -0.4 is 11.1 Å². The minimum Gasteiger partial charge on any atom is -0.349 e. The molecule has 1 fully saturated rings. The van der Waals surface area contributed by atoms with Gasteiger partial charge in [-0.3, -0.25) is 4.79 Å².